The Bertz CT molecular complexity index is 291. The van der Waals surface area contributed by atoms with E-state index in [1.54, 1.807) is 0 Å². The van der Waals surface area contributed by atoms with Gasteiger partial charge >= 0.3 is 0 Å². The van der Waals surface area contributed by atoms with Gasteiger partial charge in [-0.1, -0.05) is 5.16 Å². The molecule has 2 heterocycles. The van der Waals surface area contributed by atoms with Crippen molar-refractivity contribution in [2.45, 2.75) is 18.9 Å². The van der Waals surface area contributed by atoms with Crippen LogP contribution in [0.2, 0.25) is 0 Å². The zero-order chi connectivity index (χ0) is 9.97. The van der Waals surface area contributed by atoms with E-state index in [1.807, 2.05) is 19.0 Å². The molecule has 0 aromatic carbocycles. The molecule has 1 aliphatic heterocycles. The Labute approximate surface area is 83.5 Å². The molecule has 1 aromatic heterocycles. The van der Waals surface area contributed by atoms with Gasteiger partial charge in [-0.15, -0.1) is 0 Å². The molecule has 1 saturated heterocycles. The third-order valence-electron chi connectivity index (χ3n) is 2.36. The molecule has 2 rings (SSSR count). The summed E-state index contributed by atoms with van der Waals surface area (Å²) in [5.74, 6) is 2.00. The van der Waals surface area contributed by atoms with Crippen LogP contribution in [0.1, 0.15) is 24.1 Å². The van der Waals surface area contributed by atoms with Crippen molar-refractivity contribution in [1.82, 2.24) is 20.4 Å². The zero-order valence-electron chi connectivity index (χ0n) is 8.66. The van der Waals surface area contributed by atoms with Crippen molar-refractivity contribution in [3.05, 3.63) is 11.7 Å². The average Bonchev–Trinajstić information content (AvgIpc) is 2.69. The van der Waals surface area contributed by atoms with Gasteiger partial charge in [-0.05, 0) is 27.1 Å². The first-order chi connectivity index (χ1) is 6.75. The first-order valence-corrected chi connectivity index (χ1v) is 4.93. The number of aromatic nitrogens is 2. The van der Waals surface area contributed by atoms with Gasteiger partial charge in [-0.3, -0.25) is 0 Å². The lowest BCUT2D eigenvalue weighted by atomic mass is 10.1. The van der Waals surface area contributed by atoms with Crippen LogP contribution in [0.25, 0.3) is 0 Å². The molecule has 5 heteroatoms. The van der Waals surface area contributed by atoms with E-state index in [4.69, 9.17) is 4.52 Å². The van der Waals surface area contributed by atoms with Crippen LogP contribution in [0.15, 0.2) is 4.52 Å². The van der Waals surface area contributed by atoms with Crippen LogP contribution in [0.3, 0.4) is 0 Å². The smallest absolute Gasteiger partial charge is 0.240 e. The van der Waals surface area contributed by atoms with Crippen LogP contribution >= 0.6 is 0 Å². The number of nitrogens with one attached hydrogen (secondary N) is 1. The van der Waals surface area contributed by atoms with E-state index in [0.717, 1.165) is 25.3 Å². The number of rotatable bonds is 3. The van der Waals surface area contributed by atoms with Crippen LogP contribution in [0, 0.1) is 0 Å². The lowest BCUT2D eigenvalue weighted by molar-refractivity contribution is 0.301. The summed E-state index contributed by atoms with van der Waals surface area (Å²) in [6.45, 7) is 2.75. The summed E-state index contributed by atoms with van der Waals surface area (Å²) in [4.78, 5) is 6.39. The van der Waals surface area contributed by atoms with Crippen LogP contribution in [0.4, 0.5) is 0 Å². The van der Waals surface area contributed by atoms with E-state index in [-0.39, 0.29) is 0 Å². The number of nitrogens with zero attached hydrogens (tertiary/aromatic N) is 3. The Hall–Kier alpha value is -0.940. The van der Waals surface area contributed by atoms with Crippen molar-refractivity contribution in [1.29, 1.82) is 0 Å². The lowest BCUT2D eigenvalue weighted by Crippen LogP contribution is -2.11. The molecule has 1 atom stereocenters. The Morgan fingerprint density at radius 2 is 2.43 bits per heavy atom. The van der Waals surface area contributed by atoms with Crippen molar-refractivity contribution in [3.8, 4) is 0 Å². The summed E-state index contributed by atoms with van der Waals surface area (Å²) in [7, 11) is 3.97. The lowest BCUT2D eigenvalue weighted by Gasteiger charge is -2.03. The number of hydrogen-bond donors (Lipinski definition) is 1. The van der Waals surface area contributed by atoms with Gasteiger partial charge in [-0.25, -0.2) is 0 Å². The first kappa shape index (κ1) is 9.61. The van der Waals surface area contributed by atoms with Crippen LogP contribution in [-0.4, -0.2) is 42.2 Å². The molecule has 0 spiro atoms. The topological polar surface area (TPSA) is 54.2 Å². The molecule has 1 aromatic rings. The van der Waals surface area contributed by atoms with Gasteiger partial charge in [0, 0.05) is 12.5 Å². The standard InChI is InChI=1S/C9H16N4O/c1-13(2)6-8-11-9(12-14-8)7-3-4-10-5-7/h7,10H,3-6H2,1-2H3. The van der Waals surface area contributed by atoms with Gasteiger partial charge in [0.25, 0.3) is 0 Å². The third-order valence-corrected chi connectivity index (χ3v) is 2.36. The summed E-state index contributed by atoms with van der Waals surface area (Å²) in [5.41, 5.74) is 0. The molecule has 0 radical (unpaired) electrons. The van der Waals surface area contributed by atoms with Gasteiger partial charge in [0.15, 0.2) is 5.82 Å². The zero-order valence-corrected chi connectivity index (χ0v) is 8.66. The van der Waals surface area contributed by atoms with Crippen molar-refractivity contribution in [2.24, 2.45) is 0 Å². The van der Waals surface area contributed by atoms with E-state index in [0.29, 0.717) is 18.4 Å². The SMILES string of the molecule is CN(C)Cc1nc(C2CCNC2)no1. The molecule has 0 bridgehead atoms. The molecule has 1 fully saturated rings. The van der Waals surface area contributed by atoms with Crippen LogP contribution < -0.4 is 5.32 Å². The van der Waals surface area contributed by atoms with Crippen molar-refractivity contribution >= 4 is 0 Å². The average molecular weight is 196 g/mol. The van der Waals surface area contributed by atoms with E-state index in [2.05, 4.69) is 15.5 Å². The highest BCUT2D eigenvalue weighted by Crippen LogP contribution is 2.19. The summed E-state index contributed by atoms with van der Waals surface area (Å²) in [6.07, 6.45) is 1.11. The largest absolute Gasteiger partial charge is 0.338 e. The molecule has 1 N–H and O–H groups in total. The normalized spacial score (nSPS) is 22.1. The highest BCUT2D eigenvalue weighted by atomic mass is 16.5. The maximum absolute atomic E-state index is 5.16. The maximum Gasteiger partial charge on any atom is 0.240 e. The van der Waals surface area contributed by atoms with Gasteiger partial charge in [-0.2, -0.15) is 4.98 Å². The van der Waals surface area contributed by atoms with Crippen molar-refractivity contribution in [2.75, 3.05) is 27.2 Å². The molecule has 78 valence electrons. The minimum atomic E-state index is 0.440. The van der Waals surface area contributed by atoms with Crippen molar-refractivity contribution in [3.63, 3.8) is 0 Å². The molecule has 1 aliphatic rings. The van der Waals surface area contributed by atoms with Crippen LogP contribution in [-0.2, 0) is 6.54 Å². The summed E-state index contributed by atoms with van der Waals surface area (Å²) in [5, 5.41) is 7.29. The Kier molecular flexibility index (Phi) is 2.79. The maximum atomic E-state index is 5.16. The fraction of sp³-hybridized carbons (Fsp3) is 0.778. The van der Waals surface area contributed by atoms with Gasteiger partial charge in [0.2, 0.25) is 5.89 Å². The molecular formula is C9H16N4O. The predicted octanol–water partition coefficient (Wildman–Crippen LogP) is 0.208. The fourth-order valence-electron chi connectivity index (χ4n) is 1.64. The molecule has 0 saturated carbocycles. The minimum Gasteiger partial charge on any atom is -0.338 e. The van der Waals surface area contributed by atoms with E-state index < -0.39 is 0 Å². The van der Waals surface area contributed by atoms with E-state index in [1.165, 1.54) is 0 Å². The monoisotopic (exact) mass is 196 g/mol. The van der Waals surface area contributed by atoms with Crippen molar-refractivity contribution < 1.29 is 4.52 Å². The predicted molar refractivity (Wildman–Crippen MR) is 51.9 cm³/mol. The molecule has 14 heavy (non-hydrogen) atoms. The van der Waals surface area contributed by atoms with E-state index in [9.17, 15) is 0 Å². The van der Waals surface area contributed by atoms with Gasteiger partial charge < -0.3 is 14.7 Å². The molecule has 0 amide bonds. The summed E-state index contributed by atoms with van der Waals surface area (Å²) < 4.78 is 5.16. The second-order valence-electron chi connectivity index (χ2n) is 3.97. The molecule has 1 unspecified atom stereocenters. The highest BCUT2D eigenvalue weighted by Gasteiger charge is 2.21. The fourth-order valence-corrected chi connectivity index (χ4v) is 1.64. The minimum absolute atomic E-state index is 0.440. The third kappa shape index (κ3) is 2.10. The highest BCUT2D eigenvalue weighted by molar-refractivity contribution is 4.99. The first-order valence-electron chi connectivity index (χ1n) is 4.93. The summed E-state index contributed by atoms with van der Waals surface area (Å²) in [6, 6.07) is 0. The Morgan fingerprint density at radius 1 is 1.57 bits per heavy atom. The second-order valence-corrected chi connectivity index (χ2v) is 3.97. The molecule has 5 nitrogen and oxygen atoms in total. The van der Waals surface area contributed by atoms with E-state index >= 15 is 0 Å². The quantitative estimate of drug-likeness (QED) is 0.749. The Morgan fingerprint density at radius 3 is 3.07 bits per heavy atom. The molecule has 0 aliphatic carbocycles. The summed E-state index contributed by atoms with van der Waals surface area (Å²) >= 11 is 0. The number of hydrogen-bond acceptors (Lipinski definition) is 5. The van der Waals surface area contributed by atoms with Gasteiger partial charge in [0.05, 0.1) is 6.54 Å². The second kappa shape index (κ2) is 4.06. The van der Waals surface area contributed by atoms with Gasteiger partial charge in [0.1, 0.15) is 0 Å². The Balaban J connectivity index is 2.01. The molecular weight excluding hydrogens is 180 g/mol. The van der Waals surface area contributed by atoms with Crippen LogP contribution in [0.5, 0.6) is 0 Å².